The van der Waals surface area contributed by atoms with Crippen molar-refractivity contribution in [3.63, 3.8) is 0 Å². The average molecular weight is 281 g/mol. The number of hydrogen-bond acceptors (Lipinski definition) is 4. The van der Waals surface area contributed by atoms with Crippen molar-refractivity contribution in [3.8, 4) is 0 Å². The Morgan fingerprint density at radius 1 is 1.10 bits per heavy atom. The molecule has 2 aromatic heterocycles. The third-order valence-corrected chi connectivity index (χ3v) is 3.47. The first kappa shape index (κ1) is 13.5. The molecule has 1 N–H and O–H groups in total. The lowest BCUT2D eigenvalue weighted by Gasteiger charge is -2.18. The fraction of sp³-hybridized carbons (Fsp3) is 0.312. The minimum Gasteiger partial charge on any atom is -0.359 e. The Bertz CT molecular complexity index is 709. The number of hydrogen-bond donors (Lipinski definition) is 1. The molecule has 0 unspecified atom stereocenters. The van der Waals surface area contributed by atoms with E-state index in [1.807, 2.05) is 51.2 Å². The molecule has 5 nitrogen and oxygen atoms in total. The summed E-state index contributed by atoms with van der Waals surface area (Å²) >= 11 is 0. The highest BCUT2D eigenvalue weighted by molar-refractivity contribution is 5.74. The summed E-state index contributed by atoms with van der Waals surface area (Å²) in [5.74, 6) is 2.77. The first-order valence-corrected chi connectivity index (χ1v) is 7.09. The summed E-state index contributed by atoms with van der Waals surface area (Å²) in [6.45, 7) is 4.77. The van der Waals surface area contributed by atoms with E-state index >= 15 is 0 Å². The molecule has 3 aromatic rings. The molecule has 0 saturated carbocycles. The lowest BCUT2D eigenvalue weighted by atomic mass is 10.3. The molecular formula is C16H19N5. The van der Waals surface area contributed by atoms with Crippen LogP contribution in [0.3, 0.4) is 0 Å². The quantitative estimate of drug-likeness (QED) is 0.798. The molecule has 21 heavy (non-hydrogen) atoms. The molecule has 0 aliphatic carbocycles. The monoisotopic (exact) mass is 281 g/mol. The van der Waals surface area contributed by atoms with Gasteiger partial charge in [0.05, 0.1) is 11.0 Å². The number of para-hydroxylation sites is 2. The van der Waals surface area contributed by atoms with Gasteiger partial charge in [0, 0.05) is 31.8 Å². The molecule has 0 atom stereocenters. The zero-order valence-corrected chi connectivity index (χ0v) is 12.6. The van der Waals surface area contributed by atoms with Gasteiger partial charge in [-0.3, -0.25) is 0 Å². The number of aromatic amines is 1. The van der Waals surface area contributed by atoms with Crippen LogP contribution in [0.1, 0.15) is 17.3 Å². The first-order valence-electron chi connectivity index (χ1n) is 7.09. The highest BCUT2D eigenvalue weighted by atomic mass is 15.2. The number of benzene rings is 1. The number of fused-ring (bicyclic) bond motifs is 1. The van der Waals surface area contributed by atoms with E-state index in [0.29, 0.717) is 0 Å². The SMILES string of the molecule is Cc1cc(N(C)CCc2nc3ccccc3[nH]2)nc(C)n1. The molecule has 3 rings (SSSR count). The Kier molecular flexibility index (Phi) is 3.56. The maximum atomic E-state index is 4.60. The second-order valence-electron chi connectivity index (χ2n) is 5.29. The largest absolute Gasteiger partial charge is 0.359 e. The van der Waals surface area contributed by atoms with Gasteiger partial charge in [0.25, 0.3) is 0 Å². The van der Waals surface area contributed by atoms with Crippen LogP contribution in [0, 0.1) is 13.8 Å². The number of aryl methyl sites for hydroxylation is 2. The van der Waals surface area contributed by atoms with Crippen molar-refractivity contribution in [1.29, 1.82) is 0 Å². The fourth-order valence-corrected chi connectivity index (χ4v) is 2.41. The van der Waals surface area contributed by atoms with Crippen LogP contribution in [0.5, 0.6) is 0 Å². The van der Waals surface area contributed by atoms with Crippen molar-refractivity contribution in [2.24, 2.45) is 0 Å². The molecule has 108 valence electrons. The molecule has 0 aliphatic heterocycles. The molecule has 5 heteroatoms. The molecule has 0 bridgehead atoms. The maximum Gasteiger partial charge on any atom is 0.132 e. The summed E-state index contributed by atoms with van der Waals surface area (Å²) in [5, 5.41) is 0. The van der Waals surface area contributed by atoms with Gasteiger partial charge in [0.1, 0.15) is 17.5 Å². The summed E-state index contributed by atoms with van der Waals surface area (Å²) in [7, 11) is 2.05. The van der Waals surface area contributed by atoms with Gasteiger partial charge in [-0.15, -0.1) is 0 Å². The van der Waals surface area contributed by atoms with Crippen LogP contribution in [0.25, 0.3) is 11.0 Å². The summed E-state index contributed by atoms with van der Waals surface area (Å²) in [5.41, 5.74) is 3.10. The van der Waals surface area contributed by atoms with Crippen LogP contribution >= 0.6 is 0 Å². The van der Waals surface area contributed by atoms with Gasteiger partial charge in [-0.25, -0.2) is 15.0 Å². The van der Waals surface area contributed by atoms with Crippen LogP contribution in [0.15, 0.2) is 30.3 Å². The predicted octanol–water partition coefficient (Wildman–Crippen LogP) is 2.65. The number of imidazole rings is 1. The third kappa shape index (κ3) is 3.02. The van der Waals surface area contributed by atoms with Gasteiger partial charge in [-0.1, -0.05) is 12.1 Å². The maximum absolute atomic E-state index is 4.60. The van der Waals surface area contributed by atoms with Crippen molar-refractivity contribution in [2.45, 2.75) is 20.3 Å². The molecule has 0 saturated heterocycles. The minimum absolute atomic E-state index is 0.806. The minimum atomic E-state index is 0.806. The number of H-pyrrole nitrogens is 1. The van der Waals surface area contributed by atoms with Crippen molar-refractivity contribution < 1.29 is 0 Å². The van der Waals surface area contributed by atoms with E-state index in [1.165, 1.54) is 0 Å². The van der Waals surface area contributed by atoms with Gasteiger partial charge in [0.15, 0.2) is 0 Å². The Labute approximate surface area is 124 Å². The topological polar surface area (TPSA) is 57.7 Å². The molecule has 0 amide bonds. The van der Waals surface area contributed by atoms with E-state index < -0.39 is 0 Å². The lowest BCUT2D eigenvalue weighted by molar-refractivity contribution is 0.816. The van der Waals surface area contributed by atoms with Crippen LogP contribution < -0.4 is 4.90 Å². The summed E-state index contributed by atoms with van der Waals surface area (Å²) in [6, 6.07) is 10.1. The van der Waals surface area contributed by atoms with Crippen molar-refractivity contribution in [2.75, 3.05) is 18.5 Å². The summed E-state index contributed by atoms with van der Waals surface area (Å²) in [4.78, 5) is 18.9. The molecule has 2 heterocycles. The summed E-state index contributed by atoms with van der Waals surface area (Å²) in [6.07, 6.45) is 0.854. The smallest absolute Gasteiger partial charge is 0.132 e. The van der Waals surface area contributed by atoms with E-state index in [1.54, 1.807) is 0 Å². The normalized spacial score (nSPS) is 11.0. The van der Waals surface area contributed by atoms with Crippen molar-refractivity contribution >= 4 is 16.9 Å². The van der Waals surface area contributed by atoms with E-state index in [2.05, 4.69) is 24.8 Å². The summed E-state index contributed by atoms with van der Waals surface area (Å²) < 4.78 is 0. The van der Waals surface area contributed by atoms with Crippen LogP contribution in [-0.4, -0.2) is 33.5 Å². The molecular weight excluding hydrogens is 262 g/mol. The Morgan fingerprint density at radius 3 is 2.67 bits per heavy atom. The van der Waals surface area contributed by atoms with Gasteiger partial charge in [0.2, 0.25) is 0 Å². The molecule has 0 aliphatic rings. The second kappa shape index (κ2) is 5.52. The average Bonchev–Trinajstić information content (AvgIpc) is 2.86. The van der Waals surface area contributed by atoms with Crippen molar-refractivity contribution in [1.82, 2.24) is 19.9 Å². The number of rotatable bonds is 4. The van der Waals surface area contributed by atoms with Crippen molar-refractivity contribution in [3.05, 3.63) is 47.7 Å². The number of aromatic nitrogens is 4. The van der Waals surface area contributed by atoms with Crippen LogP contribution in [-0.2, 0) is 6.42 Å². The fourth-order valence-electron chi connectivity index (χ4n) is 2.41. The van der Waals surface area contributed by atoms with E-state index in [9.17, 15) is 0 Å². The van der Waals surface area contributed by atoms with E-state index in [4.69, 9.17) is 0 Å². The van der Waals surface area contributed by atoms with E-state index in [0.717, 1.165) is 47.2 Å². The zero-order valence-electron chi connectivity index (χ0n) is 12.6. The molecule has 0 fully saturated rings. The number of nitrogens with one attached hydrogen (secondary N) is 1. The van der Waals surface area contributed by atoms with Gasteiger partial charge in [-0.2, -0.15) is 0 Å². The molecule has 1 aromatic carbocycles. The first-order chi connectivity index (χ1) is 10.1. The van der Waals surface area contributed by atoms with Crippen LogP contribution in [0.2, 0.25) is 0 Å². The van der Waals surface area contributed by atoms with E-state index in [-0.39, 0.29) is 0 Å². The van der Waals surface area contributed by atoms with Crippen LogP contribution in [0.4, 0.5) is 5.82 Å². The number of nitrogens with zero attached hydrogens (tertiary/aromatic N) is 4. The Morgan fingerprint density at radius 2 is 1.90 bits per heavy atom. The van der Waals surface area contributed by atoms with Gasteiger partial charge < -0.3 is 9.88 Å². The standard InChI is InChI=1S/C16H19N5/c1-11-10-16(18-12(2)17-11)21(3)9-8-15-19-13-6-4-5-7-14(13)20-15/h4-7,10H,8-9H2,1-3H3,(H,19,20). The zero-order chi connectivity index (χ0) is 14.8. The second-order valence-corrected chi connectivity index (χ2v) is 5.29. The Hall–Kier alpha value is -2.43. The Balaban J connectivity index is 1.71. The molecule has 0 radical (unpaired) electrons. The highest BCUT2D eigenvalue weighted by Gasteiger charge is 2.07. The number of likely N-dealkylation sites (N-methyl/N-ethyl adjacent to an activating group) is 1. The lowest BCUT2D eigenvalue weighted by Crippen LogP contribution is -2.22. The van der Waals surface area contributed by atoms with Gasteiger partial charge >= 0.3 is 0 Å². The highest BCUT2D eigenvalue weighted by Crippen LogP contribution is 2.13. The number of anilines is 1. The van der Waals surface area contributed by atoms with Gasteiger partial charge in [-0.05, 0) is 26.0 Å². The predicted molar refractivity (Wildman–Crippen MR) is 84.6 cm³/mol. The molecule has 0 spiro atoms. The third-order valence-electron chi connectivity index (χ3n) is 3.47.